The summed E-state index contributed by atoms with van der Waals surface area (Å²) >= 11 is 0. The van der Waals surface area contributed by atoms with Crippen LogP contribution in [0.3, 0.4) is 0 Å². The molecule has 0 N–H and O–H groups in total. The van der Waals surface area contributed by atoms with E-state index in [1.165, 1.54) is 32.9 Å². The van der Waals surface area contributed by atoms with Crippen molar-refractivity contribution >= 4 is 19.2 Å². The molecular weight excluding hydrogens is 223 g/mol. The average Bonchev–Trinajstić information content (AvgIpc) is 2.32. The van der Waals surface area contributed by atoms with Crippen LogP contribution in [0.15, 0.2) is 36.4 Å². The zero-order chi connectivity index (χ0) is 12.4. The lowest BCUT2D eigenvalue weighted by atomic mass is 10.1. The second-order valence-electron chi connectivity index (χ2n) is 4.62. The molecule has 0 aliphatic heterocycles. The van der Waals surface area contributed by atoms with Gasteiger partial charge >= 0.3 is 0 Å². The van der Waals surface area contributed by atoms with Crippen LogP contribution in [0.2, 0.25) is 0 Å². The Balaban J connectivity index is 2.38. The van der Waals surface area contributed by atoms with Gasteiger partial charge in [-0.1, -0.05) is 45.0 Å². The minimum atomic E-state index is 0.767. The molecule has 17 heavy (non-hydrogen) atoms. The molecule has 2 aromatic rings. The largest absolute Gasteiger partial charge is 0.0620 e. The van der Waals surface area contributed by atoms with Crippen molar-refractivity contribution in [3.63, 3.8) is 0 Å². The van der Waals surface area contributed by atoms with Gasteiger partial charge in [-0.25, -0.2) is 0 Å². The monoisotopic (exact) mass is 242 g/mol. The Morgan fingerprint density at radius 3 is 2.06 bits per heavy atom. The second-order valence-corrected chi connectivity index (χ2v) is 5.95. The van der Waals surface area contributed by atoms with Gasteiger partial charge < -0.3 is 0 Å². The maximum atomic E-state index is 2.28. The van der Waals surface area contributed by atoms with E-state index < -0.39 is 0 Å². The summed E-state index contributed by atoms with van der Waals surface area (Å²) in [5, 5.41) is 2.93. The van der Waals surface area contributed by atoms with Crippen LogP contribution in [0.1, 0.15) is 22.3 Å². The highest BCUT2D eigenvalue weighted by Gasteiger charge is 2.05. The van der Waals surface area contributed by atoms with Gasteiger partial charge in [0, 0.05) is 0 Å². The molecule has 1 heteroatoms. The summed E-state index contributed by atoms with van der Waals surface area (Å²) in [6, 6.07) is 13.2. The van der Waals surface area contributed by atoms with E-state index in [4.69, 9.17) is 0 Å². The predicted octanol–water partition coefficient (Wildman–Crippen LogP) is 3.55. The van der Waals surface area contributed by atoms with Crippen LogP contribution >= 0.6 is 8.58 Å². The highest BCUT2D eigenvalue weighted by molar-refractivity contribution is 7.55. The molecule has 0 saturated heterocycles. The maximum absolute atomic E-state index is 2.28. The van der Waals surface area contributed by atoms with Crippen molar-refractivity contribution < 1.29 is 0 Å². The fraction of sp³-hybridized carbons (Fsp3) is 0.250. The first-order valence-corrected chi connectivity index (χ1v) is 6.99. The molecule has 0 aromatic heterocycles. The standard InChI is InChI=1S/C16H19P/c1-11-9-10-16(14(4)13(11)3)17-15-8-6-5-7-12(15)2/h5-10,17H,1-4H3. The van der Waals surface area contributed by atoms with E-state index in [0.29, 0.717) is 0 Å². The lowest BCUT2D eigenvalue weighted by Gasteiger charge is -2.12. The zero-order valence-electron chi connectivity index (χ0n) is 11.0. The van der Waals surface area contributed by atoms with Gasteiger partial charge in [0.25, 0.3) is 0 Å². The van der Waals surface area contributed by atoms with Crippen molar-refractivity contribution in [2.24, 2.45) is 0 Å². The molecule has 0 spiro atoms. The third-order valence-electron chi connectivity index (χ3n) is 3.47. The van der Waals surface area contributed by atoms with Crippen LogP contribution < -0.4 is 10.6 Å². The molecular formula is C16H19P. The smallest absolute Gasteiger partial charge is 0.0194 e. The summed E-state index contributed by atoms with van der Waals surface area (Å²) in [6.07, 6.45) is 0. The van der Waals surface area contributed by atoms with Crippen molar-refractivity contribution in [3.05, 3.63) is 58.7 Å². The number of aryl methyl sites for hydroxylation is 2. The Morgan fingerprint density at radius 2 is 1.35 bits per heavy atom. The van der Waals surface area contributed by atoms with Crippen LogP contribution in [-0.2, 0) is 0 Å². The van der Waals surface area contributed by atoms with Crippen molar-refractivity contribution in [2.75, 3.05) is 0 Å². The van der Waals surface area contributed by atoms with Crippen LogP contribution in [0.5, 0.6) is 0 Å². The quantitative estimate of drug-likeness (QED) is 0.706. The van der Waals surface area contributed by atoms with E-state index in [1.54, 1.807) is 0 Å². The average molecular weight is 242 g/mol. The molecule has 0 fully saturated rings. The van der Waals surface area contributed by atoms with Crippen LogP contribution in [0.4, 0.5) is 0 Å². The molecule has 1 unspecified atom stereocenters. The number of rotatable bonds is 2. The Morgan fingerprint density at radius 1 is 0.647 bits per heavy atom. The van der Waals surface area contributed by atoms with Crippen molar-refractivity contribution in [1.82, 2.24) is 0 Å². The highest BCUT2D eigenvalue weighted by Crippen LogP contribution is 2.19. The molecule has 0 aliphatic carbocycles. The van der Waals surface area contributed by atoms with Gasteiger partial charge in [0.05, 0.1) is 0 Å². The van der Waals surface area contributed by atoms with E-state index in [-0.39, 0.29) is 0 Å². The Labute approximate surface area is 106 Å². The molecule has 0 saturated carbocycles. The first kappa shape index (κ1) is 12.3. The van der Waals surface area contributed by atoms with Crippen LogP contribution in [0, 0.1) is 27.7 Å². The van der Waals surface area contributed by atoms with Crippen LogP contribution in [-0.4, -0.2) is 0 Å². The van der Waals surface area contributed by atoms with Gasteiger partial charge in [-0.2, -0.15) is 0 Å². The van der Waals surface area contributed by atoms with Gasteiger partial charge in [-0.3, -0.25) is 0 Å². The molecule has 0 heterocycles. The van der Waals surface area contributed by atoms with Crippen molar-refractivity contribution in [2.45, 2.75) is 27.7 Å². The zero-order valence-corrected chi connectivity index (χ0v) is 12.0. The summed E-state index contributed by atoms with van der Waals surface area (Å²) in [5.41, 5.74) is 5.67. The molecule has 0 radical (unpaired) electrons. The molecule has 0 aliphatic rings. The molecule has 0 bridgehead atoms. The first-order chi connectivity index (χ1) is 8.09. The summed E-state index contributed by atoms with van der Waals surface area (Å²) in [4.78, 5) is 0. The number of hydrogen-bond acceptors (Lipinski definition) is 0. The van der Waals surface area contributed by atoms with Gasteiger partial charge in [0.2, 0.25) is 0 Å². The molecule has 1 atom stereocenters. The van der Waals surface area contributed by atoms with Gasteiger partial charge in [0.1, 0.15) is 0 Å². The third-order valence-corrected chi connectivity index (χ3v) is 5.11. The van der Waals surface area contributed by atoms with E-state index in [0.717, 1.165) is 8.58 Å². The fourth-order valence-electron chi connectivity index (χ4n) is 1.95. The van der Waals surface area contributed by atoms with Crippen LogP contribution in [0.25, 0.3) is 0 Å². The number of benzene rings is 2. The lowest BCUT2D eigenvalue weighted by Crippen LogP contribution is -2.10. The van der Waals surface area contributed by atoms with Gasteiger partial charge in [0.15, 0.2) is 0 Å². The van der Waals surface area contributed by atoms with Gasteiger partial charge in [-0.15, -0.1) is 0 Å². The predicted molar refractivity (Wildman–Crippen MR) is 79.4 cm³/mol. The first-order valence-electron chi connectivity index (χ1n) is 5.99. The SMILES string of the molecule is Cc1ccccc1Pc1ccc(C)c(C)c1C. The minimum absolute atomic E-state index is 0.767. The molecule has 2 rings (SSSR count). The Bertz CT molecular complexity index is 541. The molecule has 88 valence electrons. The Hall–Kier alpha value is -1.13. The summed E-state index contributed by atoms with van der Waals surface area (Å²) in [7, 11) is 0.767. The van der Waals surface area contributed by atoms with Gasteiger partial charge in [-0.05, 0) is 60.6 Å². The van der Waals surface area contributed by atoms with Crippen molar-refractivity contribution in [3.8, 4) is 0 Å². The second kappa shape index (κ2) is 5.02. The summed E-state index contributed by atoms with van der Waals surface area (Å²) < 4.78 is 0. The minimum Gasteiger partial charge on any atom is -0.0620 e. The van der Waals surface area contributed by atoms with E-state index in [9.17, 15) is 0 Å². The number of hydrogen-bond donors (Lipinski definition) is 0. The highest BCUT2D eigenvalue weighted by atomic mass is 31.1. The van der Waals surface area contributed by atoms with Crippen molar-refractivity contribution in [1.29, 1.82) is 0 Å². The van der Waals surface area contributed by atoms with E-state index in [2.05, 4.69) is 64.1 Å². The Kier molecular flexibility index (Phi) is 3.64. The normalized spacial score (nSPS) is 11.3. The third kappa shape index (κ3) is 2.58. The molecule has 2 aromatic carbocycles. The topological polar surface area (TPSA) is 0 Å². The molecule has 0 amide bonds. The maximum Gasteiger partial charge on any atom is -0.0194 e. The van der Waals surface area contributed by atoms with E-state index in [1.807, 2.05) is 0 Å². The van der Waals surface area contributed by atoms with E-state index >= 15 is 0 Å². The fourth-order valence-corrected chi connectivity index (χ4v) is 3.24. The summed E-state index contributed by atoms with van der Waals surface area (Å²) in [6.45, 7) is 8.83. The summed E-state index contributed by atoms with van der Waals surface area (Å²) in [5.74, 6) is 0. The molecule has 0 nitrogen and oxygen atoms in total. The lowest BCUT2D eigenvalue weighted by molar-refractivity contribution is 1.29.